The van der Waals surface area contributed by atoms with Crippen LogP contribution in [0.2, 0.25) is 0 Å². The highest BCUT2D eigenvalue weighted by atomic mass is 32.1. The molecule has 1 amide bonds. The molecule has 3 heterocycles. The fourth-order valence-corrected chi connectivity index (χ4v) is 10.2. The number of amides is 1. The van der Waals surface area contributed by atoms with E-state index in [0.29, 0.717) is 32.2 Å². The van der Waals surface area contributed by atoms with Gasteiger partial charge in [-0.25, -0.2) is 9.97 Å². The smallest absolute Gasteiger partial charge is 0.346 e. The van der Waals surface area contributed by atoms with Crippen molar-refractivity contribution in [2.75, 3.05) is 37.1 Å². The Labute approximate surface area is 246 Å². The third kappa shape index (κ3) is 7.31. The predicted octanol–water partition coefficient (Wildman–Crippen LogP) is 7.90. The summed E-state index contributed by atoms with van der Waals surface area (Å²) in [6.07, 6.45) is 0. The molecule has 15 heteroatoms. The van der Waals surface area contributed by atoms with Crippen LogP contribution in [-0.2, 0) is 27.2 Å². The first-order valence-electron chi connectivity index (χ1n) is 13.0. The summed E-state index contributed by atoms with van der Waals surface area (Å²) >= 11 is 2.73. The molecule has 0 bridgehead atoms. The second-order valence-electron chi connectivity index (χ2n) is 8.32. The Kier molecular flexibility index (Phi) is 10.8. The lowest BCUT2D eigenvalue weighted by molar-refractivity contribution is 0.103. The molecule has 0 radical (unpaired) electrons. The lowest BCUT2D eigenvalue weighted by Crippen LogP contribution is -2.26. The van der Waals surface area contributed by atoms with E-state index in [1.165, 1.54) is 22.7 Å². The topological polar surface area (TPSA) is 138 Å². The third-order valence-electron chi connectivity index (χ3n) is 5.55. The van der Waals surface area contributed by atoms with E-state index in [0.717, 1.165) is 0 Å². The summed E-state index contributed by atoms with van der Waals surface area (Å²) in [6, 6.07) is 12.5. The van der Waals surface area contributed by atoms with E-state index in [4.69, 9.17) is 28.1 Å². The molecule has 11 nitrogen and oxygen atoms in total. The van der Waals surface area contributed by atoms with E-state index in [1.807, 2.05) is 22.9 Å². The van der Waals surface area contributed by atoms with Crippen molar-refractivity contribution in [1.29, 1.82) is 0 Å². The molecule has 0 unspecified atom stereocenters. The standard InChI is InChI=1S/C26H32N4O7P2S2/c1-5-34-38(32,35-6-2)26(39(33,36-7-3)37-8-4)30-23-20-14-16-41-25(20)29-22(28-23)18-11-9-12-19(17-18)27-24(31)21-13-10-15-40-21/h9-17,26H,5-8H2,1-4H3,(H,27,31)(H,28,29,30). The van der Waals surface area contributed by atoms with Gasteiger partial charge in [0.15, 0.2) is 5.82 Å². The molecule has 4 rings (SSSR count). The van der Waals surface area contributed by atoms with E-state index >= 15 is 0 Å². The van der Waals surface area contributed by atoms with Gasteiger partial charge in [0.1, 0.15) is 10.6 Å². The molecule has 3 aromatic heterocycles. The van der Waals surface area contributed by atoms with E-state index < -0.39 is 20.7 Å². The van der Waals surface area contributed by atoms with Gasteiger partial charge in [-0.15, -0.1) is 22.7 Å². The minimum Gasteiger partial charge on any atom is -0.346 e. The number of nitrogens with one attached hydrogen (secondary N) is 2. The zero-order valence-corrected chi connectivity index (χ0v) is 26.5. The van der Waals surface area contributed by atoms with Crippen molar-refractivity contribution < 1.29 is 32.0 Å². The van der Waals surface area contributed by atoms with Crippen molar-refractivity contribution in [3.63, 3.8) is 0 Å². The molecular formula is C26H32N4O7P2S2. The van der Waals surface area contributed by atoms with Crippen molar-refractivity contribution in [3.8, 4) is 11.4 Å². The van der Waals surface area contributed by atoms with Gasteiger partial charge in [-0.05, 0) is 62.7 Å². The van der Waals surface area contributed by atoms with E-state index in [9.17, 15) is 13.9 Å². The molecule has 4 aromatic rings. The molecule has 0 atom stereocenters. The Bertz CT molecular complexity index is 1510. The van der Waals surface area contributed by atoms with Gasteiger partial charge in [-0.1, -0.05) is 18.2 Å². The van der Waals surface area contributed by atoms with E-state index in [2.05, 4.69) is 10.6 Å². The van der Waals surface area contributed by atoms with Gasteiger partial charge in [0.25, 0.3) is 5.91 Å². The molecule has 0 fully saturated rings. The van der Waals surface area contributed by atoms with Crippen molar-refractivity contribution in [2.45, 2.75) is 33.2 Å². The van der Waals surface area contributed by atoms with Crippen LogP contribution in [0.1, 0.15) is 37.4 Å². The number of hydrogen-bond acceptors (Lipinski definition) is 12. The van der Waals surface area contributed by atoms with Crippen molar-refractivity contribution in [2.24, 2.45) is 0 Å². The summed E-state index contributed by atoms with van der Waals surface area (Å²) in [5.74, 6) is 0.365. The zero-order valence-electron chi connectivity index (χ0n) is 23.1. The first-order chi connectivity index (χ1) is 19.8. The van der Waals surface area contributed by atoms with Crippen LogP contribution in [0.5, 0.6) is 0 Å². The minimum absolute atomic E-state index is 0.0422. The highest BCUT2D eigenvalue weighted by Gasteiger charge is 2.51. The van der Waals surface area contributed by atoms with Crippen molar-refractivity contribution in [1.82, 2.24) is 9.97 Å². The van der Waals surface area contributed by atoms with Crippen LogP contribution in [0.15, 0.2) is 53.2 Å². The Hall–Kier alpha value is -2.47. The largest absolute Gasteiger partial charge is 0.365 e. The van der Waals surface area contributed by atoms with Crippen molar-refractivity contribution >= 4 is 65.5 Å². The highest BCUT2D eigenvalue weighted by molar-refractivity contribution is 7.73. The monoisotopic (exact) mass is 638 g/mol. The van der Waals surface area contributed by atoms with E-state index in [1.54, 1.807) is 58.0 Å². The third-order valence-corrected chi connectivity index (χ3v) is 12.9. The summed E-state index contributed by atoms with van der Waals surface area (Å²) in [7, 11) is -8.20. The van der Waals surface area contributed by atoms with Gasteiger partial charge in [0.05, 0.1) is 36.7 Å². The molecule has 0 saturated heterocycles. The number of thiophene rings is 2. The number of fused-ring (bicyclic) bond motifs is 1. The normalized spacial score (nSPS) is 12.2. The number of anilines is 2. The highest BCUT2D eigenvalue weighted by Crippen LogP contribution is 2.70. The molecule has 220 valence electrons. The van der Waals surface area contributed by atoms with Crippen LogP contribution in [0.4, 0.5) is 11.5 Å². The first kappa shape index (κ1) is 31.5. The van der Waals surface area contributed by atoms with Gasteiger partial charge in [-0.2, -0.15) is 0 Å². The lowest BCUT2D eigenvalue weighted by Gasteiger charge is -2.32. The number of aromatic nitrogens is 2. The Balaban J connectivity index is 1.78. The van der Waals surface area contributed by atoms with Crippen LogP contribution in [0, 0.1) is 0 Å². The number of rotatable bonds is 15. The van der Waals surface area contributed by atoms with Crippen LogP contribution in [-0.4, -0.2) is 47.8 Å². The summed E-state index contributed by atoms with van der Waals surface area (Å²) in [5.41, 5.74) is -0.311. The maximum atomic E-state index is 14.1. The predicted molar refractivity (Wildman–Crippen MR) is 164 cm³/mol. The minimum atomic E-state index is -4.10. The Morgan fingerprint density at radius 2 is 1.51 bits per heavy atom. The quantitative estimate of drug-likeness (QED) is 0.124. The molecule has 1 aromatic carbocycles. The number of carbonyl (C=O) groups excluding carboxylic acids is 1. The Morgan fingerprint density at radius 3 is 2.10 bits per heavy atom. The van der Waals surface area contributed by atoms with Gasteiger partial charge in [-0.3, -0.25) is 13.9 Å². The van der Waals surface area contributed by atoms with E-state index in [-0.39, 0.29) is 38.2 Å². The number of nitrogens with zero attached hydrogens (tertiary/aromatic N) is 2. The number of benzene rings is 1. The summed E-state index contributed by atoms with van der Waals surface area (Å²) < 4.78 is 50.5. The first-order valence-corrected chi connectivity index (χ1v) is 18.0. The van der Waals surface area contributed by atoms with Gasteiger partial charge in [0, 0.05) is 11.3 Å². The SMILES string of the molecule is CCOP(=O)(OCC)C(Nc1nc(-c2cccc(NC(=O)c3cccs3)c2)nc2sccc12)P(=O)(OCC)OCC. The fraction of sp³-hybridized carbons (Fsp3) is 0.346. The second kappa shape index (κ2) is 14.1. The maximum Gasteiger partial charge on any atom is 0.365 e. The number of hydrogen-bond donors (Lipinski definition) is 2. The van der Waals surface area contributed by atoms with Crippen LogP contribution < -0.4 is 10.6 Å². The Morgan fingerprint density at radius 1 is 0.854 bits per heavy atom. The average Bonchev–Trinajstić information content (AvgIpc) is 3.65. The molecule has 0 spiro atoms. The maximum absolute atomic E-state index is 14.1. The van der Waals surface area contributed by atoms with Crippen LogP contribution in [0.3, 0.4) is 0 Å². The van der Waals surface area contributed by atoms with Crippen LogP contribution >= 0.6 is 37.9 Å². The summed E-state index contributed by atoms with van der Waals surface area (Å²) in [6.45, 7) is 6.83. The molecular weight excluding hydrogens is 606 g/mol. The number of carbonyl (C=O) groups is 1. The molecule has 2 N–H and O–H groups in total. The molecule has 0 aliphatic carbocycles. The average molecular weight is 639 g/mol. The van der Waals surface area contributed by atoms with Gasteiger partial charge < -0.3 is 28.7 Å². The zero-order chi connectivity index (χ0) is 29.5. The van der Waals surface area contributed by atoms with Crippen molar-refractivity contribution in [3.05, 3.63) is 58.1 Å². The molecule has 0 aliphatic rings. The lowest BCUT2D eigenvalue weighted by atomic mass is 10.2. The molecule has 0 aliphatic heterocycles. The van der Waals surface area contributed by atoms with Crippen LogP contribution in [0.25, 0.3) is 21.6 Å². The van der Waals surface area contributed by atoms with Gasteiger partial charge >= 0.3 is 15.2 Å². The van der Waals surface area contributed by atoms with Gasteiger partial charge in [0.2, 0.25) is 5.52 Å². The molecule has 41 heavy (non-hydrogen) atoms. The molecule has 0 saturated carbocycles. The second-order valence-corrected chi connectivity index (χ2v) is 14.8. The fourth-order valence-electron chi connectivity index (χ4n) is 3.96. The summed E-state index contributed by atoms with van der Waals surface area (Å²) in [4.78, 5) is 23.3. The summed E-state index contributed by atoms with van der Waals surface area (Å²) in [5, 5.41) is 10.3.